The molecule has 0 heterocycles. The second-order valence-electron chi connectivity index (χ2n) is 7.21. The van der Waals surface area contributed by atoms with Crippen LogP contribution in [0.5, 0.6) is 5.75 Å². The lowest BCUT2D eigenvalue weighted by Crippen LogP contribution is -2.31. The number of anilines is 1. The molecule has 0 aliphatic rings. The largest absolute Gasteiger partial charge is 0.481 e. The van der Waals surface area contributed by atoms with Gasteiger partial charge in [0.05, 0.1) is 11.3 Å². The number of alkyl halides is 3. The Bertz CT molecular complexity index is 811. The van der Waals surface area contributed by atoms with Crippen molar-refractivity contribution in [1.29, 1.82) is 0 Å². The third-order valence-corrected chi connectivity index (χ3v) is 4.18. The lowest BCUT2D eigenvalue weighted by molar-refractivity contribution is -0.137. The average molecular weight is 400 g/mol. The summed E-state index contributed by atoms with van der Waals surface area (Å²) in [5.41, 5.74) is -0.298. The van der Waals surface area contributed by atoms with Gasteiger partial charge in [-0.05, 0) is 48.2 Å². The quantitative estimate of drug-likeness (QED) is 0.678. The molecule has 2 aromatic carbocycles. The van der Waals surface area contributed by atoms with Gasteiger partial charge < -0.3 is 10.1 Å². The lowest BCUT2D eigenvalue weighted by Gasteiger charge is -2.20. The van der Waals surface area contributed by atoms with Gasteiger partial charge in [0.25, 0.3) is 5.91 Å². The molecule has 2 rings (SSSR count). The van der Waals surface area contributed by atoms with Crippen molar-refractivity contribution in [2.75, 3.05) is 5.32 Å². The SMILES string of the molecule is CC(Oc1ccc(C(C)(C)C)cc1)C(=O)Nc1ccc(Cl)cc1C(F)(F)F. The summed E-state index contributed by atoms with van der Waals surface area (Å²) in [6.07, 6.45) is -5.62. The van der Waals surface area contributed by atoms with Gasteiger partial charge in [0.2, 0.25) is 0 Å². The van der Waals surface area contributed by atoms with Crippen LogP contribution in [0.15, 0.2) is 42.5 Å². The van der Waals surface area contributed by atoms with Gasteiger partial charge in [0.1, 0.15) is 5.75 Å². The van der Waals surface area contributed by atoms with E-state index in [4.69, 9.17) is 16.3 Å². The Hall–Kier alpha value is -2.21. The highest BCUT2D eigenvalue weighted by Crippen LogP contribution is 2.36. The van der Waals surface area contributed by atoms with E-state index < -0.39 is 23.8 Å². The summed E-state index contributed by atoms with van der Waals surface area (Å²) in [6, 6.07) is 10.4. The highest BCUT2D eigenvalue weighted by molar-refractivity contribution is 6.30. The van der Waals surface area contributed by atoms with Crippen LogP contribution in [0, 0.1) is 0 Å². The molecule has 1 atom stereocenters. The number of carbonyl (C=O) groups excluding carboxylic acids is 1. The van der Waals surface area contributed by atoms with Gasteiger partial charge in [0.15, 0.2) is 6.10 Å². The van der Waals surface area contributed by atoms with E-state index in [1.807, 2.05) is 12.1 Å². The molecule has 0 aromatic heterocycles. The molecule has 146 valence electrons. The number of ether oxygens (including phenoxy) is 1. The van der Waals surface area contributed by atoms with E-state index in [1.54, 1.807) is 12.1 Å². The molecule has 0 spiro atoms. The molecule has 0 saturated carbocycles. The van der Waals surface area contributed by atoms with E-state index in [0.29, 0.717) is 5.75 Å². The van der Waals surface area contributed by atoms with E-state index in [1.165, 1.54) is 13.0 Å². The van der Waals surface area contributed by atoms with Gasteiger partial charge in [-0.2, -0.15) is 13.2 Å². The standard InChI is InChI=1S/C20H21ClF3NO2/c1-12(27-15-8-5-13(6-9-15)19(2,3)4)18(26)25-17-10-7-14(21)11-16(17)20(22,23)24/h5-12H,1-4H3,(H,25,26). The Labute approximate surface area is 161 Å². The van der Waals surface area contributed by atoms with Crippen LogP contribution in [0.3, 0.4) is 0 Å². The first-order valence-electron chi connectivity index (χ1n) is 8.33. The molecule has 0 aliphatic heterocycles. The Morgan fingerprint density at radius 1 is 1.07 bits per heavy atom. The molecule has 2 aromatic rings. The molecule has 1 N–H and O–H groups in total. The summed E-state index contributed by atoms with van der Waals surface area (Å²) >= 11 is 5.64. The van der Waals surface area contributed by atoms with Crippen LogP contribution in [0.4, 0.5) is 18.9 Å². The summed E-state index contributed by atoms with van der Waals surface area (Å²) in [5.74, 6) is -0.236. The molecule has 0 fully saturated rings. The Balaban J connectivity index is 2.11. The molecule has 7 heteroatoms. The smallest absolute Gasteiger partial charge is 0.418 e. The topological polar surface area (TPSA) is 38.3 Å². The molecule has 0 aliphatic carbocycles. The number of hydrogen-bond donors (Lipinski definition) is 1. The van der Waals surface area contributed by atoms with Gasteiger partial charge >= 0.3 is 6.18 Å². The first-order valence-corrected chi connectivity index (χ1v) is 8.70. The lowest BCUT2D eigenvalue weighted by atomic mass is 9.87. The van der Waals surface area contributed by atoms with E-state index in [-0.39, 0.29) is 16.1 Å². The van der Waals surface area contributed by atoms with Crippen molar-refractivity contribution in [3.05, 3.63) is 58.6 Å². The number of benzene rings is 2. The third kappa shape index (κ3) is 5.63. The highest BCUT2D eigenvalue weighted by atomic mass is 35.5. The van der Waals surface area contributed by atoms with Crippen molar-refractivity contribution in [3.63, 3.8) is 0 Å². The minimum Gasteiger partial charge on any atom is -0.481 e. The predicted octanol–water partition coefficient (Wildman–Crippen LogP) is 6.06. The van der Waals surface area contributed by atoms with Crippen LogP contribution in [-0.2, 0) is 16.4 Å². The van der Waals surface area contributed by atoms with Crippen molar-refractivity contribution >= 4 is 23.2 Å². The molecular weight excluding hydrogens is 379 g/mol. The molecule has 3 nitrogen and oxygen atoms in total. The van der Waals surface area contributed by atoms with Crippen molar-refractivity contribution in [2.24, 2.45) is 0 Å². The molecule has 1 unspecified atom stereocenters. The molecular formula is C20H21ClF3NO2. The zero-order valence-corrected chi connectivity index (χ0v) is 16.2. The van der Waals surface area contributed by atoms with Crippen molar-refractivity contribution < 1.29 is 22.7 Å². The monoisotopic (exact) mass is 399 g/mol. The summed E-state index contributed by atoms with van der Waals surface area (Å²) in [7, 11) is 0. The van der Waals surface area contributed by atoms with Gasteiger partial charge in [-0.15, -0.1) is 0 Å². The highest BCUT2D eigenvalue weighted by Gasteiger charge is 2.34. The summed E-state index contributed by atoms with van der Waals surface area (Å²) in [4.78, 5) is 12.3. The number of amides is 1. The maximum absolute atomic E-state index is 13.1. The fourth-order valence-electron chi connectivity index (χ4n) is 2.39. The second-order valence-corrected chi connectivity index (χ2v) is 7.65. The maximum Gasteiger partial charge on any atom is 0.418 e. The number of halogens is 4. The second kappa shape index (κ2) is 7.80. The summed E-state index contributed by atoms with van der Waals surface area (Å²) in [6.45, 7) is 7.69. The van der Waals surface area contributed by atoms with Gasteiger partial charge in [-0.25, -0.2) is 0 Å². The zero-order chi connectivity index (χ0) is 20.4. The van der Waals surface area contributed by atoms with Crippen LogP contribution < -0.4 is 10.1 Å². The van der Waals surface area contributed by atoms with E-state index in [9.17, 15) is 18.0 Å². The van der Waals surface area contributed by atoms with Crippen LogP contribution in [-0.4, -0.2) is 12.0 Å². The Kier molecular flexibility index (Phi) is 6.10. The van der Waals surface area contributed by atoms with Crippen LogP contribution in [0.1, 0.15) is 38.8 Å². The van der Waals surface area contributed by atoms with E-state index in [2.05, 4.69) is 26.1 Å². The first-order chi connectivity index (χ1) is 12.4. The van der Waals surface area contributed by atoms with Crippen molar-refractivity contribution in [3.8, 4) is 5.75 Å². The van der Waals surface area contributed by atoms with Gasteiger partial charge in [-0.1, -0.05) is 44.5 Å². The van der Waals surface area contributed by atoms with E-state index in [0.717, 1.165) is 17.7 Å². The van der Waals surface area contributed by atoms with Crippen LogP contribution in [0.25, 0.3) is 0 Å². The van der Waals surface area contributed by atoms with Crippen molar-refractivity contribution in [2.45, 2.75) is 45.4 Å². The van der Waals surface area contributed by atoms with Crippen LogP contribution >= 0.6 is 11.6 Å². The van der Waals surface area contributed by atoms with Gasteiger partial charge in [0, 0.05) is 5.02 Å². The van der Waals surface area contributed by atoms with E-state index >= 15 is 0 Å². The normalized spacial score (nSPS) is 13.2. The fraction of sp³-hybridized carbons (Fsp3) is 0.350. The number of carbonyl (C=O) groups is 1. The fourth-order valence-corrected chi connectivity index (χ4v) is 2.56. The maximum atomic E-state index is 13.1. The molecule has 1 amide bonds. The minimum absolute atomic E-state index is 0.0237. The molecule has 27 heavy (non-hydrogen) atoms. The zero-order valence-electron chi connectivity index (χ0n) is 15.4. The molecule has 0 radical (unpaired) electrons. The van der Waals surface area contributed by atoms with Crippen molar-refractivity contribution in [1.82, 2.24) is 0 Å². The molecule has 0 saturated heterocycles. The number of hydrogen-bond acceptors (Lipinski definition) is 2. The Morgan fingerprint density at radius 3 is 2.19 bits per heavy atom. The summed E-state index contributed by atoms with van der Waals surface area (Å²) < 4.78 is 44.9. The average Bonchev–Trinajstić information content (AvgIpc) is 2.55. The van der Waals surface area contributed by atoms with Gasteiger partial charge in [-0.3, -0.25) is 4.79 Å². The number of rotatable bonds is 4. The number of nitrogens with one attached hydrogen (secondary N) is 1. The van der Waals surface area contributed by atoms with Crippen LogP contribution in [0.2, 0.25) is 5.02 Å². The first kappa shape index (κ1) is 21.1. The Morgan fingerprint density at radius 2 is 1.67 bits per heavy atom. The molecule has 0 bridgehead atoms. The third-order valence-electron chi connectivity index (χ3n) is 3.95. The predicted molar refractivity (Wildman–Crippen MR) is 100 cm³/mol. The summed E-state index contributed by atoms with van der Waals surface area (Å²) in [5, 5.41) is 2.19. The minimum atomic E-state index is -4.64.